The van der Waals surface area contributed by atoms with Gasteiger partial charge in [0.2, 0.25) is 0 Å². The monoisotopic (exact) mass is 340 g/mol. The molecule has 0 radical (unpaired) electrons. The first-order valence-electron chi connectivity index (χ1n) is 6.82. The van der Waals surface area contributed by atoms with E-state index in [1.165, 1.54) is 0 Å². The maximum absolute atomic E-state index is 12.7. The number of rotatable bonds is 3. The summed E-state index contributed by atoms with van der Waals surface area (Å²) in [6.07, 6.45) is 2.20. The van der Waals surface area contributed by atoms with Crippen LogP contribution in [0.2, 0.25) is 0 Å². The molecule has 4 nitrogen and oxygen atoms in total. The van der Waals surface area contributed by atoms with Crippen molar-refractivity contribution in [1.82, 2.24) is 9.80 Å². The molecule has 1 unspecified atom stereocenters. The molecular formula is C15H21BrN2O2. The smallest absolute Gasteiger partial charge is 0.257 e. The second-order valence-corrected chi connectivity index (χ2v) is 6.27. The number of halogens is 1. The number of ether oxygens (including phenoxy) is 1. The third-order valence-electron chi connectivity index (χ3n) is 3.81. The molecule has 0 saturated carbocycles. The lowest BCUT2D eigenvalue weighted by atomic mass is 10.0. The standard InChI is InChI=1S/C15H21BrN2O2/c1-17(2)12-5-4-8-18(10-12)15(19)13-7-6-11(16)9-14(13)20-3/h6-7,9,12H,4-5,8,10H2,1-3H3. The number of piperidine rings is 1. The van der Waals surface area contributed by atoms with Crippen molar-refractivity contribution in [2.45, 2.75) is 18.9 Å². The molecule has 0 aliphatic carbocycles. The van der Waals surface area contributed by atoms with Gasteiger partial charge in [0.05, 0.1) is 12.7 Å². The number of benzene rings is 1. The molecular weight excluding hydrogens is 320 g/mol. The maximum Gasteiger partial charge on any atom is 0.257 e. The Morgan fingerprint density at radius 2 is 2.20 bits per heavy atom. The molecule has 1 fully saturated rings. The lowest BCUT2D eigenvalue weighted by molar-refractivity contribution is 0.0632. The molecule has 2 rings (SSSR count). The van der Waals surface area contributed by atoms with Gasteiger partial charge in [-0.05, 0) is 45.1 Å². The summed E-state index contributed by atoms with van der Waals surface area (Å²) in [5, 5.41) is 0. The lowest BCUT2D eigenvalue weighted by Gasteiger charge is -2.36. The zero-order valence-electron chi connectivity index (χ0n) is 12.2. The van der Waals surface area contributed by atoms with Crippen LogP contribution in [-0.4, -0.2) is 56.0 Å². The first kappa shape index (κ1) is 15.3. The van der Waals surface area contributed by atoms with Crippen molar-refractivity contribution in [3.05, 3.63) is 28.2 Å². The number of nitrogens with zero attached hydrogens (tertiary/aromatic N) is 2. The fourth-order valence-corrected chi connectivity index (χ4v) is 2.91. The molecule has 0 spiro atoms. The van der Waals surface area contributed by atoms with Gasteiger partial charge in [0.15, 0.2) is 0 Å². The van der Waals surface area contributed by atoms with E-state index < -0.39 is 0 Å². The molecule has 1 amide bonds. The number of carbonyl (C=O) groups excluding carboxylic acids is 1. The zero-order valence-corrected chi connectivity index (χ0v) is 13.8. The first-order chi connectivity index (χ1) is 9.52. The van der Waals surface area contributed by atoms with E-state index in [-0.39, 0.29) is 5.91 Å². The quantitative estimate of drug-likeness (QED) is 0.847. The SMILES string of the molecule is COc1cc(Br)ccc1C(=O)N1CCCC(N(C)C)C1. The summed E-state index contributed by atoms with van der Waals surface area (Å²) >= 11 is 3.40. The molecule has 1 aromatic carbocycles. The van der Waals surface area contributed by atoms with Gasteiger partial charge in [-0.2, -0.15) is 0 Å². The molecule has 0 bridgehead atoms. The highest BCUT2D eigenvalue weighted by Crippen LogP contribution is 2.26. The summed E-state index contributed by atoms with van der Waals surface area (Å²) in [4.78, 5) is 16.8. The van der Waals surface area contributed by atoms with Crippen LogP contribution < -0.4 is 4.74 Å². The van der Waals surface area contributed by atoms with Crippen LogP contribution in [0.15, 0.2) is 22.7 Å². The molecule has 0 N–H and O–H groups in total. The number of amides is 1. The van der Waals surface area contributed by atoms with E-state index in [1.54, 1.807) is 7.11 Å². The van der Waals surface area contributed by atoms with Gasteiger partial charge in [-0.25, -0.2) is 0 Å². The molecule has 0 aromatic heterocycles. The topological polar surface area (TPSA) is 32.8 Å². The van der Waals surface area contributed by atoms with Crippen LogP contribution in [0, 0.1) is 0 Å². The van der Waals surface area contributed by atoms with Crippen LogP contribution in [-0.2, 0) is 0 Å². The predicted octanol–water partition coefficient (Wildman–Crippen LogP) is 2.62. The van der Waals surface area contributed by atoms with Gasteiger partial charge in [-0.15, -0.1) is 0 Å². The van der Waals surface area contributed by atoms with Crippen molar-refractivity contribution in [1.29, 1.82) is 0 Å². The van der Waals surface area contributed by atoms with Crippen LogP contribution >= 0.6 is 15.9 Å². The number of hydrogen-bond donors (Lipinski definition) is 0. The van der Waals surface area contributed by atoms with E-state index in [0.717, 1.165) is 30.4 Å². The fraction of sp³-hybridized carbons (Fsp3) is 0.533. The van der Waals surface area contributed by atoms with Crippen molar-refractivity contribution in [2.75, 3.05) is 34.3 Å². The van der Waals surface area contributed by atoms with Crippen LogP contribution in [0.3, 0.4) is 0 Å². The number of likely N-dealkylation sites (tertiary alicyclic amines) is 1. The Balaban J connectivity index is 2.18. The van der Waals surface area contributed by atoms with Crippen molar-refractivity contribution >= 4 is 21.8 Å². The zero-order chi connectivity index (χ0) is 14.7. The predicted molar refractivity (Wildman–Crippen MR) is 83.3 cm³/mol. The number of likely N-dealkylation sites (N-methyl/N-ethyl adjacent to an activating group) is 1. The lowest BCUT2D eigenvalue weighted by Crippen LogP contribution is -2.47. The minimum atomic E-state index is 0.0564. The van der Waals surface area contributed by atoms with Gasteiger partial charge in [0.1, 0.15) is 5.75 Å². The van der Waals surface area contributed by atoms with Crippen LogP contribution in [0.5, 0.6) is 5.75 Å². The van der Waals surface area contributed by atoms with E-state index in [2.05, 4.69) is 34.9 Å². The maximum atomic E-state index is 12.7. The Morgan fingerprint density at radius 3 is 2.85 bits per heavy atom. The van der Waals surface area contributed by atoms with E-state index in [9.17, 15) is 4.79 Å². The Morgan fingerprint density at radius 1 is 1.45 bits per heavy atom. The molecule has 1 saturated heterocycles. The molecule has 1 aliphatic rings. The normalized spacial score (nSPS) is 19.2. The molecule has 110 valence electrons. The van der Waals surface area contributed by atoms with E-state index in [0.29, 0.717) is 17.4 Å². The van der Waals surface area contributed by atoms with Crippen molar-refractivity contribution in [3.63, 3.8) is 0 Å². The van der Waals surface area contributed by atoms with Crippen LogP contribution in [0.4, 0.5) is 0 Å². The molecule has 1 atom stereocenters. The molecule has 20 heavy (non-hydrogen) atoms. The van der Waals surface area contributed by atoms with Crippen molar-refractivity contribution in [2.24, 2.45) is 0 Å². The summed E-state index contributed by atoms with van der Waals surface area (Å²) in [7, 11) is 5.73. The average molecular weight is 341 g/mol. The van der Waals surface area contributed by atoms with Crippen molar-refractivity contribution in [3.8, 4) is 5.75 Å². The summed E-state index contributed by atoms with van der Waals surface area (Å²) < 4.78 is 6.24. The van der Waals surface area contributed by atoms with Gasteiger partial charge in [-0.3, -0.25) is 4.79 Å². The first-order valence-corrected chi connectivity index (χ1v) is 7.61. The highest BCUT2D eigenvalue weighted by molar-refractivity contribution is 9.10. The van der Waals surface area contributed by atoms with Gasteiger partial charge < -0.3 is 14.5 Å². The number of carbonyl (C=O) groups is 1. The number of hydrogen-bond acceptors (Lipinski definition) is 3. The third-order valence-corrected chi connectivity index (χ3v) is 4.30. The Labute approximate surface area is 128 Å². The van der Waals surface area contributed by atoms with Gasteiger partial charge in [-0.1, -0.05) is 15.9 Å². The second kappa shape index (κ2) is 6.59. The van der Waals surface area contributed by atoms with Gasteiger partial charge >= 0.3 is 0 Å². The Kier molecular flexibility index (Phi) is 5.05. The Bertz CT molecular complexity index is 491. The molecule has 1 aliphatic heterocycles. The summed E-state index contributed by atoms with van der Waals surface area (Å²) in [6.45, 7) is 1.60. The number of methoxy groups -OCH3 is 1. The summed E-state index contributed by atoms with van der Waals surface area (Å²) in [5.74, 6) is 0.678. The van der Waals surface area contributed by atoms with Gasteiger partial charge in [0, 0.05) is 23.6 Å². The highest BCUT2D eigenvalue weighted by Gasteiger charge is 2.27. The molecule has 5 heteroatoms. The third kappa shape index (κ3) is 3.33. The largest absolute Gasteiger partial charge is 0.496 e. The van der Waals surface area contributed by atoms with E-state index >= 15 is 0 Å². The highest BCUT2D eigenvalue weighted by atomic mass is 79.9. The van der Waals surface area contributed by atoms with Gasteiger partial charge in [0.25, 0.3) is 5.91 Å². The Hall–Kier alpha value is -1.07. The summed E-state index contributed by atoms with van der Waals surface area (Å²) in [6, 6.07) is 5.97. The van der Waals surface area contributed by atoms with E-state index in [4.69, 9.17) is 4.74 Å². The average Bonchev–Trinajstić information content (AvgIpc) is 2.46. The molecule has 1 aromatic rings. The van der Waals surface area contributed by atoms with E-state index in [1.807, 2.05) is 23.1 Å². The van der Waals surface area contributed by atoms with Crippen LogP contribution in [0.1, 0.15) is 23.2 Å². The minimum Gasteiger partial charge on any atom is -0.496 e. The van der Waals surface area contributed by atoms with Crippen molar-refractivity contribution < 1.29 is 9.53 Å². The minimum absolute atomic E-state index is 0.0564. The van der Waals surface area contributed by atoms with Crippen LogP contribution in [0.25, 0.3) is 0 Å². The second-order valence-electron chi connectivity index (χ2n) is 5.36. The summed E-state index contributed by atoms with van der Waals surface area (Å²) in [5.41, 5.74) is 0.634. The molecule has 1 heterocycles. The fourth-order valence-electron chi connectivity index (χ4n) is 2.57.